The Morgan fingerprint density at radius 1 is 1.09 bits per heavy atom. The number of nitrogens with one attached hydrogen (secondary N) is 1. The first-order chi connectivity index (χ1) is 10.8. The summed E-state index contributed by atoms with van der Waals surface area (Å²) in [6.07, 6.45) is 7.07. The summed E-state index contributed by atoms with van der Waals surface area (Å²) >= 11 is 0. The molecule has 22 heavy (non-hydrogen) atoms. The first-order valence-electron chi connectivity index (χ1n) is 8.68. The molecule has 1 aliphatic carbocycles. The maximum atomic E-state index is 12.7. The average Bonchev–Trinajstić information content (AvgIpc) is 3.21. The number of aromatic amines is 1. The van der Waals surface area contributed by atoms with E-state index < -0.39 is 0 Å². The molecule has 1 N–H and O–H groups in total. The van der Waals surface area contributed by atoms with Crippen molar-refractivity contribution >= 4 is 16.8 Å². The zero-order valence-corrected chi connectivity index (χ0v) is 13.1. The molecule has 3 nitrogen and oxygen atoms in total. The zero-order chi connectivity index (χ0) is 14.9. The highest BCUT2D eigenvalue weighted by Crippen LogP contribution is 2.32. The lowest BCUT2D eigenvalue weighted by Crippen LogP contribution is -2.35. The Morgan fingerprint density at radius 2 is 1.91 bits per heavy atom. The van der Waals surface area contributed by atoms with E-state index in [1.54, 1.807) is 0 Å². The number of H-pyrrole nitrogens is 1. The molecule has 1 saturated heterocycles. The van der Waals surface area contributed by atoms with E-state index in [4.69, 9.17) is 0 Å². The molecule has 4 rings (SSSR count). The molecular weight excluding hydrogens is 272 g/mol. The van der Waals surface area contributed by atoms with Crippen molar-refractivity contribution in [1.29, 1.82) is 0 Å². The zero-order valence-electron chi connectivity index (χ0n) is 13.1. The highest BCUT2D eigenvalue weighted by molar-refractivity contribution is 5.81. The molecule has 0 bridgehead atoms. The molecular formula is C19H24N2O. The number of amides is 1. The highest BCUT2D eigenvalue weighted by Gasteiger charge is 2.32. The van der Waals surface area contributed by atoms with Gasteiger partial charge in [0, 0.05) is 36.1 Å². The van der Waals surface area contributed by atoms with Gasteiger partial charge in [0.15, 0.2) is 0 Å². The Morgan fingerprint density at radius 3 is 2.73 bits per heavy atom. The number of rotatable bonds is 2. The molecule has 1 aliphatic heterocycles. The van der Waals surface area contributed by atoms with Crippen molar-refractivity contribution in [3.05, 3.63) is 36.0 Å². The van der Waals surface area contributed by atoms with Gasteiger partial charge in [-0.1, -0.05) is 37.5 Å². The largest absolute Gasteiger partial charge is 0.358 e. The van der Waals surface area contributed by atoms with E-state index in [2.05, 4.69) is 40.2 Å². The summed E-state index contributed by atoms with van der Waals surface area (Å²) in [5.74, 6) is 1.19. The van der Waals surface area contributed by atoms with Crippen LogP contribution in [-0.2, 0) is 4.79 Å². The van der Waals surface area contributed by atoms with Gasteiger partial charge in [-0.2, -0.15) is 0 Å². The molecule has 2 fully saturated rings. The second-order valence-corrected chi connectivity index (χ2v) is 6.92. The molecule has 1 atom stereocenters. The van der Waals surface area contributed by atoms with E-state index in [0.29, 0.717) is 17.7 Å². The van der Waals surface area contributed by atoms with Crippen LogP contribution in [-0.4, -0.2) is 28.9 Å². The van der Waals surface area contributed by atoms with Gasteiger partial charge in [0.1, 0.15) is 0 Å². The fraction of sp³-hybridized carbons (Fsp3) is 0.526. The molecule has 0 radical (unpaired) electrons. The lowest BCUT2D eigenvalue weighted by atomic mass is 9.88. The number of benzene rings is 1. The molecule has 0 spiro atoms. The second-order valence-electron chi connectivity index (χ2n) is 6.92. The molecule has 1 aromatic carbocycles. The Kier molecular flexibility index (Phi) is 3.65. The normalized spacial score (nSPS) is 23.3. The fourth-order valence-corrected chi connectivity index (χ4v) is 4.14. The van der Waals surface area contributed by atoms with Gasteiger partial charge in [-0.25, -0.2) is 0 Å². The van der Waals surface area contributed by atoms with E-state index in [-0.39, 0.29) is 0 Å². The Balaban J connectivity index is 1.46. The Bertz CT molecular complexity index is 636. The molecule has 2 aliphatic rings. The maximum absolute atomic E-state index is 12.7. The van der Waals surface area contributed by atoms with Crippen LogP contribution in [0.15, 0.2) is 30.3 Å². The van der Waals surface area contributed by atoms with Crippen molar-refractivity contribution in [3.8, 4) is 0 Å². The van der Waals surface area contributed by atoms with E-state index in [9.17, 15) is 4.79 Å². The van der Waals surface area contributed by atoms with Crippen LogP contribution >= 0.6 is 0 Å². The topological polar surface area (TPSA) is 36.1 Å². The van der Waals surface area contributed by atoms with Crippen molar-refractivity contribution in [2.75, 3.05) is 13.1 Å². The predicted molar refractivity (Wildman–Crippen MR) is 88.8 cm³/mol. The van der Waals surface area contributed by atoms with Crippen LogP contribution in [0.4, 0.5) is 0 Å². The standard InChI is InChI=1S/C19H24N2O/c22-19(14-6-2-1-3-7-14)21-11-10-16(13-21)18-12-15-8-4-5-9-17(15)20-18/h4-5,8-9,12,14,16,20H,1-3,6-7,10-11,13H2. The third-order valence-electron chi connectivity index (χ3n) is 5.44. The van der Waals surface area contributed by atoms with E-state index in [1.807, 2.05) is 0 Å². The molecule has 1 amide bonds. The number of likely N-dealkylation sites (tertiary alicyclic amines) is 1. The van der Waals surface area contributed by atoms with Crippen molar-refractivity contribution < 1.29 is 4.79 Å². The van der Waals surface area contributed by atoms with Gasteiger partial charge >= 0.3 is 0 Å². The van der Waals surface area contributed by atoms with Crippen LogP contribution in [0.2, 0.25) is 0 Å². The van der Waals surface area contributed by atoms with Crippen molar-refractivity contribution in [1.82, 2.24) is 9.88 Å². The molecule has 1 saturated carbocycles. The van der Waals surface area contributed by atoms with Gasteiger partial charge in [0.25, 0.3) is 0 Å². The molecule has 2 heterocycles. The fourth-order valence-electron chi connectivity index (χ4n) is 4.14. The lowest BCUT2D eigenvalue weighted by Gasteiger charge is -2.26. The Labute approximate surface area is 131 Å². The van der Waals surface area contributed by atoms with Crippen LogP contribution in [0.25, 0.3) is 10.9 Å². The number of aromatic nitrogens is 1. The summed E-state index contributed by atoms with van der Waals surface area (Å²) in [4.78, 5) is 18.3. The number of fused-ring (bicyclic) bond motifs is 1. The Hall–Kier alpha value is -1.77. The van der Waals surface area contributed by atoms with Crippen LogP contribution in [0.3, 0.4) is 0 Å². The number of para-hydroxylation sites is 1. The van der Waals surface area contributed by atoms with Crippen LogP contribution in [0, 0.1) is 5.92 Å². The first kappa shape index (κ1) is 13.9. The summed E-state index contributed by atoms with van der Waals surface area (Å²) in [7, 11) is 0. The SMILES string of the molecule is O=C(C1CCCCC1)N1CCC(c2cc3ccccc3[nH]2)C1. The van der Waals surface area contributed by atoms with Crippen molar-refractivity contribution in [2.45, 2.75) is 44.4 Å². The maximum Gasteiger partial charge on any atom is 0.225 e. The van der Waals surface area contributed by atoms with Gasteiger partial charge < -0.3 is 9.88 Å². The third-order valence-corrected chi connectivity index (χ3v) is 5.44. The molecule has 116 valence electrons. The number of hydrogen-bond acceptors (Lipinski definition) is 1. The minimum absolute atomic E-state index is 0.301. The smallest absolute Gasteiger partial charge is 0.225 e. The minimum atomic E-state index is 0.301. The summed E-state index contributed by atoms with van der Waals surface area (Å²) in [5, 5.41) is 1.27. The molecule has 2 aromatic rings. The van der Waals surface area contributed by atoms with Crippen molar-refractivity contribution in [2.24, 2.45) is 5.92 Å². The summed E-state index contributed by atoms with van der Waals surface area (Å²) < 4.78 is 0. The lowest BCUT2D eigenvalue weighted by molar-refractivity contribution is -0.135. The van der Waals surface area contributed by atoms with Gasteiger partial charge in [0.05, 0.1) is 0 Å². The number of nitrogens with zero attached hydrogens (tertiary/aromatic N) is 1. The average molecular weight is 296 g/mol. The van der Waals surface area contributed by atoms with E-state index >= 15 is 0 Å². The van der Waals surface area contributed by atoms with Gasteiger partial charge in [-0.05, 0) is 36.8 Å². The number of carbonyl (C=O) groups is 1. The van der Waals surface area contributed by atoms with Crippen LogP contribution in [0.5, 0.6) is 0 Å². The van der Waals surface area contributed by atoms with Gasteiger partial charge in [-0.15, -0.1) is 0 Å². The molecule has 1 aromatic heterocycles. The monoisotopic (exact) mass is 296 g/mol. The van der Waals surface area contributed by atoms with Gasteiger partial charge in [0.2, 0.25) is 5.91 Å². The predicted octanol–water partition coefficient (Wildman–Crippen LogP) is 4.06. The van der Waals surface area contributed by atoms with Crippen molar-refractivity contribution in [3.63, 3.8) is 0 Å². The molecule has 1 unspecified atom stereocenters. The third kappa shape index (κ3) is 2.53. The minimum Gasteiger partial charge on any atom is -0.358 e. The summed E-state index contributed by atoms with van der Waals surface area (Å²) in [6, 6.07) is 10.7. The van der Waals surface area contributed by atoms with Crippen LogP contribution < -0.4 is 0 Å². The van der Waals surface area contributed by atoms with E-state index in [0.717, 1.165) is 32.4 Å². The number of hydrogen-bond donors (Lipinski definition) is 1. The highest BCUT2D eigenvalue weighted by atomic mass is 16.2. The first-order valence-corrected chi connectivity index (χ1v) is 8.68. The summed E-state index contributed by atoms with van der Waals surface area (Å²) in [5.41, 5.74) is 2.50. The summed E-state index contributed by atoms with van der Waals surface area (Å²) in [6.45, 7) is 1.82. The molecule has 3 heteroatoms. The quantitative estimate of drug-likeness (QED) is 0.891. The van der Waals surface area contributed by atoms with Crippen LogP contribution in [0.1, 0.15) is 50.1 Å². The van der Waals surface area contributed by atoms with E-state index in [1.165, 1.54) is 35.9 Å². The van der Waals surface area contributed by atoms with Gasteiger partial charge in [-0.3, -0.25) is 4.79 Å². The second kappa shape index (κ2) is 5.79. The number of carbonyl (C=O) groups excluding carboxylic acids is 1.